The SMILES string of the molecule is O=Cc1cnn2cc([C@@H](NC(=O)c3cnnn3CCC(F)(F)F)C3CCC(F)(F)CC3)nc2c1. The Balaban J connectivity index is 1.61. The minimum Gasteiger partial charge on any atom is -0.342 e. The highest BCUT2D eigenvalue weighted by Crippen LogP contribution is 2.41. The molecule has 0 unspecified atom stereocenters. The lowest BCUT2D eigenvalue weighted by Gasteiger charge is -2.33. The highest BCUT2D eigenvalue weighted by Gasteiger charge is 2.39. The summed E-state index contributed by atoms with van der Waals surface area (Å²) >= 11 is 0. The normalized spacial score (nSPS) is 17.6. The minimum atomic E-state index is -4.44. The zero-order valence-corrected chi connectivity index (χ0v) is 17.7. The van der Waals surface area contributed by atoms with Crippen LogP contribution in [0, 0.1) is 5.92 Å². The summed E-state index contributed by atoms with van der Waals surface area (Å²) in [5.41, 5.74) is 0.730. The van der Waals surface area contributed by atoms with E-state index in [2.05, 4.69) is 25.7 Å². The van der Waals surface area contributed by atoms with Crippen molar-refractivity contribution in [3.05, 3.63) is 41.6 Å². The van der Waals surface area contributed by atoms with E-state index in [1.54, 1.807) is 0 Å². The van der Waals surface area contributed by atoms with E-state index in [1.165, 1.54) is 23.0 Å². The fourth-order valence-corrected chi connectivity index (χ4v) is 4.00. The molecule has 0 aliphatic heterocycles. The zero-order valence-electron chi connectivity index (χ0n) is 17.7. The van der Waals surface area contributed by atoms with E-state index < -0.39 is 42.9 Å². The molecule has 0 radical (unpaired) electrons. The van der Waals surface area contributed by atoms with Gasteiger partial charge in [-0.2, -0.15) is 18.3 Å². The maximum absolute atomic E-state index is 13.8. The minimum absolute atomic E-state index is 0.102. The maximum Gasteiger partial charge on any atom is 0.390 e. The number of nitrogens with zero attached hydrogens (tertiary/aromatic N) is 6. The van der Waals surface area contributed by atoms with Gasteiger partial charge in [-0.1, -0.05) is 5.21 Å². The van der Waals surface area contributed by atoms with Gasteiger partial charge in [0.2, 0.25) is 5.92 Å². The summed E-state index contributed by atoms with van der Waals surface area (Å²) < 4.78 is 67.6. The summed E-state index contributed by atoms with van der Waals surface area (Å²) in [4.78, 5) is 28.4. The molecule has 3 aromatic rings. The molecule has 1 saturated carbocycles. The first kappa shape index (κ1) is 23.7. The summed E-state index contributed by atoms with van der Waals surface area (Å²) in [6.07, 6.45) is -1.69. The van der Waals surface area contributed by atoms with Gasteiger partial charge in [0.25, 0.3) is 5.91 Å². The maximum atomic E-state index is 13.8. The first-order valence-electron chi connectivity index (χ1n) is 10.5. The van der Waals surface area contributed by atoms with E-state index in [0.29, 0.717) is 17.6 Å². The lowest BCUT2D eigenvalue weighted by molar-refractivity contribution is -0.137. The third kappa shape index (κ3) is 5.37. The summed E-state index contributed by atoms with van der Waals surface area (Å²) in [5, 5.41) is 13.9. The van der Waals surface area contributed by atoms with Gasteiger partial charge in [-0.05, 0) is 24.8 Å². The molecule has 9 nitrogen and oxygen atoms in total. The molecule has 3 aromatic heterocycles. The van der Waals surface area contributed by atoms with Gasteiger partial charge in [0.05, 0.1) is 43.3 Å². The van der Waals surface area contributed by atoms with Crippen molar-refractivity contribution >= 4 is 17.8 Å². The van der Waals surface area contributed by atoms with Crippen LogP contribution >= 0.6 is 0 Å². The van der Waals surface area contributed by atoms with Crippen LogP contribution in [0.3, 0.4) is 0 Å². The van der Waals surface area contributed by atoms with Gasteiger partial charge >= 0.3 is 6.18 Å². The quantitative estimate of drug-likeness (QED) is 0.406. The Hall–Kier alpha value is -3.45. The number of hydrogen-bond acceptors (Lipinski definition) is 6. The number of rotatable bonds is 7. The molecule has 0 aromatic carbocycles. The number of amides is 1. The predicted octanol–water partition coefficient (Wildman–Crippen LogP) is 3.38. The number of imidazole rings is 1. The van der Waals surface area contributed by atoms with Crippen molar-refractivity contribution < 1.29 is 31.5 Å². The molecule has 14 heteroatoms. The number of aromatic nitrogens is 6. The van der Waals surface area contributed by atoms with Crippen LogP contribution < -0.4 is 5.32 Å². The van der Waals surface area contributed by atoms with Crippen molar-refractivity contribution in [2.45, 2.75) is 56.8 Å². The van der Waals surface area contributed by atoms with Crippen molar-refractivity contribution in [2.24, 2.45) is 5.92 Å². The number of hydrogen-bond donors (Lipinski definition) is 1. The molecule has 34 heavy (non-hydrogen) atoms. The molecule has 1 aliphatic rings. The van der Waals surface area contributed by atoms with E-state index in [4.69, 9.17) is 0 Å². The first-order valence-corrected chi connectivity index (χ1v) is 10.5. The fraction of sp³-hybridized carbons (Fsp3) is 0.500. The molecule has 3 heterocycles. The van der Waals surface area contributed by atoms with Crippen molar-refractivity contribution in [2.75, 3.05) is 0 Å². The zero-order chi connectivity index (χ0) is 24.5. The molecule has 1 atom stereocenters. The third-order valence-electron chi connectivity index (χ3n) is 5.79. The number of nitrogens with one attached hydrogen (secondary N) is 1. The van der Waals surface area contributed by atoms with Crippen LogP contribution in [0.5, 0.6) is 0 Å². The highest BCUT2D eigenvalue weighted by atomic mass is 19.4. The Morgan fingerprint density at radius 2 is 2.00 bits per heavy atom. The first-order chi connectivity index (χ1) is 16.0. The number of aryl methyl sites for hydroxylation is 1. The molecule has 0 spiro atoms. The molecular formula is C20H20F5N7O2. The average molecular weight is 485 g/mol. The summed E-state index contributed by atoms with van der Waals surface area (Å²) in [7, 11) is 0. The molecular weight excluding hydrogens is 465 g/mol. The van der Waals surface area contributed by atoms with Crippen molar-refractivity contribution in [1.82, 2.24) is 34.9 Å². The fourth-order valence-electron chi connectivity index (χ4n) is 4.00. The van der Waals surface area contributed by atoms with Crippen LogP contribution in [0.2, 0.25) is 0 Å². The van der Waals surface area contributed by atoms with Crippen LogP contribution in [-0.4, -0.2) is 53.9 Å². The molecule has 1 amide bonds. The molecule has 4 rings (SSSR count). The van der Waals surface area contributed by atoms with Crippen molar-refractivity contribution in [3.63, 3.8) is 0 Å². The van der Waals surface area contributed by atoms with Crippen molar-refractivity contribution in [3.8, 4) is 0 Å². The smallest absolute Gasteiger partial charge is 0.342 e. The van der Waals surface area contributed by atoms with Crippen LogP contribution in [0.1, 0.15) is 64.7 Å². The van der Waals surface area contributed by atoms with Gasteiger partial charge in [0, 0.05) is 18.4 Å². The van der Waals surface area contributed by atoms with Gasteiger partial charge in [0.15, 0.2) is 11.9 Å². The van der Waals surface area contributed by atoms with Gasteiger partial charge in [0.1, 0.15) is 5.69 Å². The Labute approximate surface area is 189 Å². The average Bonchev–Trinajstić information content (AvgIpc) is 3.42. The Kier molecular flexibility index (Phi) is 6.32. The standard InChI is InChI=1S/C20H20F5N7O2/c21-19(22)3-1-13(2-4-19)17(14-10-32-16(28-14)7-12(11-33)8-27-32)29-18(34)15-9-26-30-31(15)6-5-20(23,24)25/h7-11,13,17H,1-6H2,(H,29,34)/t17-/m0/s1. The predicted molar refractivity (Wildman–Crippen MR) is 106 cm³/mol. The molecule has 1 N–H and O–H groups in total. The molecule has 182 valence electrons. The monoisotopic (exact) mass is 485 g/mol. The van der Waals surface area contributed by atoms with Gasteiger partial charge in [-0.15, -0.1) is 5.10 Å². The Morgan fingerprint density at radius 3 is 2.68 bits per heavy atom. The number of aldehydes is 1. The van der Waals surface area contributed by atoms with E-state index in [0.717, 1.165) is 10.9 Å². The van der Waals surface area contributed by atoms with Crippen LogP contribution in [0.4, 0.5) is 22.0 Å². The molecule has 0 saturated heterocycles. The second-order valence-corrected chi connectivity index (χ2v) is 8.23. The number of fused-ring (bicyclic) bond motifs is 1. The van der Waals surface area contributed by atoms with E-state index in [-0.39, 0.29) is 36.9 Å². The van der Waals surface area contributed by atoms with Crippen LogP contribution in [0.15, 0.2) is 24.7 Å². The summed E-state index contributed by atoms with van der Waals surface area (Å²) in [6, 6.07) is 0.656. The van der Waals surface area contributed by atoms with E-state index >= 15 is 0 Å². The number of carbonyl (C=O) groups is 2. The number of carbonyl (C=O) groups excluding carboxylic acids is 2. The van der Waals surface area contributed by atoms with E-state index in [9.17, 15) is 31.5 Å². The molecule has 1 aliphatic carbocycles. The molecule has 1 fully saturated rings. The largest absolute Gasteiger partial charge is 0.390 e. The van der Waals surface area contributed by atoms with Crippen LogP contribution in [0.25, 0.3) is 5.65 Å². The second-order valence-electron chi connectivity index (χ2n) is 8.23. The topological polar surface area (TPSA) is 107 Å². The lowest BCUT2D eigenvalue weighted by Crippen LogP contribution is -2.38. The number of halogens is 5. The van der Waals surface area contributed by atoms with Gasteiger partial charge < -0.3 is 5.32 Å². The van der Waals surface area contributed by atoms with Gasteiger partial charge in [-0.3, -0.25) is 9.59 Å². The summed E-state index contributed by atoms with van der Waals surface area (Å²) in [6.45, 7) is -0.598. The lowest BCUT2D eigenvalue weighted by atomic mass is 9.81. The second kappa shape index (κ2) is 9.06. The highest BCUT2D eigenvalue weighted by molar-refractivity contribution is 5.92. The Bertz CT molecular complexity index is 1180. The van der Waals surface area contributed by atoms with Gasteiger partial charge in [-0.25, -0.2) is 23.0 Å². The van der Waals surface area contributed by atoms with Crippen LogP contribution in [-0.2, 0) is 6.54 Å². The summed E-state index contributed by atoms with van der Waals surface area (Å²) in [5.74, 6) is -3.96. The number of alkyl halides is 5. The Morgan fingerprint density at radius 1 is 1.26 bits per heavy atom. The molecule has 0 bridgehead atoms. The third-order valence-corrected chi connectivity index (χ3v) is 5.79. The van der Waals surface area contributed by atoms with E-state index in [1.807, 2.05) is 0 Å². The van der Waals surface area contributed by atoms with Crippen molar-refractivity contribution in [1.29, 1.82) is 0 Å².